The van der Waals surface area contributed by atoms with E-state index in [9.17, 15) is 19.5 Å². The lowest BCUT2D eigenvalue weighted by Crippen LogP contribution is -2.52. The van der Waals surface area contributed by atoms with Gasteiger partial charge < -0.3 is 20.2 Å². The fraction of sp³-hybridized carbons (Fsp3) is 0.486. The molecule has 11 heteroatoms. The van der Waals surface area contributed by atoms with Crippen LogP contribution in [0.2, 0.25) is 0 Å². The second-order valence-corrected chi connectivity index (χ2v) is 14.1. The van der Waals surface area contributed by atoms with Gasteiger partial charge in [-0.3, -0.25) is 24.6 Å². The summed E-state index contributed by atoms with van der Waals surface area (Å²) in [6, 6.07) is 14.2. The number of carbonyl (C=O) groups is 3. The molecule has 0 radical (unpaired) electrons. The minimum atomic E-state index is -0.966. The molecular formula is C37H45N7O4. The number of nitrogens with zero attached hydrogens (tertiary/aromatic N) is 5. The third kappa shape index (κ3) is 6.66. The van der Waals surface area contributed by atoms with Crippen LogP contribution in [0.5, 0.6) is 0 Å². The summed E-state index contributed by atoms with van der Waals surface area (Å²) in [7, 11) is 0. The lowest BCUT2D eigenvalue weighted by Gasteiger charge is -2.39. The number of aromatic nitrogens is 2. The SMILES string of the molecule is CC(C)c1ncc(NC2CCN(c3ccc(CN4CCC(O)(c5ccc6c(c5)CN(C5CCC(=O)NC5=O)C6=O)CC4)cc3)CC2)cn1. The van der Waals surface area contributed by atoms with Crippen molar-refractivity contribution < 1.29 is 19.5 Å². The van der Waals surface area contributed by atoms with E-state index in [1.807, 2.05) is 24.5 Å². The predicted molar refractivity (Wildman–Crippen MR) is 182 cm³/mol. The largest absolute Gasteiger partial charge is 0.385 e. The molecule has 3 saturated heterocycles. The molecule has 252 valence electrons. The zero-order valence-electron chi connectivity index (χ0n) is 27.8. The van der Waals surface area contributed by atoms with Crippen molar-refractivity contribution in [3.63, 3.8) is 0 Å². The van der Waals surface area contributed by atoms with Gasteiger partial charge >= 0.3 is 0 Å². The molecule has 0 bridgehead atoms. The van der Waals surface area contributed by atoms with Gasteiger partial charge in [0.2, 0.25) is 11.8 Å². The summed E-state index contributed by atoms with van der Waals surface area (Å²) < 4.78 is 0. The monoisotopic (exact) mass is 651 g/mol. The molecule has 5 heterocycles. The van der Waals surface area contributed by atoms with E-state index in [2.05, 4.69) is 68.5 Å². The minimum Gasteiger partial charge on any atom is -0.385 e. The molecule has 0 saturated carbocycles. The first-order valence-corrected chi connectivity index (χ1v) is 17.3. The molecule has 48 heavy (non-hydrogen) atoms. The lowest BCUT2D eigenvalue weighted by atomic mass is 9.83. The number of anilines is 2. The maximum Gasteiger partial charge on any atom is 0.255 e. The number of carbonyl (C=O) groups excluding carboxylic acids is 3. The van der Waals surface area contributed by atoms with Crippen molar-refractivity contribution in [3.8, 4) is 0 Å². The molecule has 11 nitrogen and oxygen atoms in total. The number of hydrogen-bond donors (Lipinski definition) is 3. The number of fused-ring (bicyclic) bond motifs is 1. The van der Waals surface area contributed by atoms with Gasteiger partial charge in [-0.1, -0.05) is 38.1 Å². The van der Waals surface area contributed by atoms with Gasteiger partial charge in [0.05, 0.1) is 23.7 Å². The van der Waals surface area contributed by atoms with Crippen molar-refractivity contribution in [3.05, 3.63) is 82.9 Å². The maximum atomic E-state index is 13.1. The number of piperidine rings is 3. The molecule has 1 unspecified atom stereocenters. The van der Waals surface area contributed by atoms with E-state index in [0.29, 0.717) is 43.3 Å². The first-order chi connectivity index (χ1) is 23.1. The summed E-state index contributed by atoms with van der Waals surface area (Å²) in [4.78, 5) is 52.5. The number of benzene rings is 2. The molecule has 0 aliphatic carbocycles. The smallest absolute Gasteiger partial charge is 0.255 e. The summed E-state index contributed by atoms with van der Waals surface area (Å²) >= 11 is 0. The second-order valence-electron chi connectivity index (χ2n) is 14.1. The molecular weight excluding hydrogens is 606 g/mol. The second kappa shape index (κ2) is 13.3. The van der Waals surface area contributed by atoms with Gasteiger partial charge in [0.1, 0.15) is 11.9 Å². The van der Waals surface area contributed by atoms with Crippen LogP contribution in [0.25, 0.3) is 0 Å². The van der Waals surface area contributed by atoms with Gasteiger partial charge in [-0.15, -0.1) is 0 Å². The fourth-order valence-corrected chi connectivity index (χ4v) is 7.53. The first kappa shape index (κ1) is 32.2. The Balaban J connectivity index is 0.890. The number of imide groups is 1. The Morgan fingerprint density at radius 3 is 2.33 bits per heavy atom. The van der Waals surface area contributed by atoms with Crippen LogP contribution in [0.15, 0.2) is 54.9 Å². The van der Waals surface area contributed by atoms with Crippen molar-refractivity contribution in [1.82, 2.24) is 25.1 Å². The third-order valence-electron chi connectivity index (χ3n) is 10.5. The van der Waals surface area contributed by atoms with Crippen LogP contribution in [-0.4, -0.2) is 80.9 Å². The van der Waals surface area contributed by atoms with Crippen LogP contribution < -0.4 is 15.5 Å². The number of aliphatic hydroxyl groups is 1. The number of likely N-dealkylation sites (tertiary alicyclic amines) is 1. The van der Waals surface area contributed by atoms with E-state index >= 15 is 0 Å². The van der Waals surface area contributed by atoms with Crippen LogP contribution in [0.3, 0.4) is 0 Å². The van der Waals surface area contributed by atoms with Gasteiger partial charge in [0, 0.05) is 68.9 Å². The standard InChI is InChI=1S/C37H45N7O4/c1-24(2)34-38-20-29(21-39-34)40-28-11-15-43(16-12-28)30-6-3-25(4-7-30)22-42-17-13-37(48,14-18-42)27-5-8-31-26(19-27)23-44(36(31)47)32-9-10-33(45)41-35(32)46/h3-8,19-21,24,28,32,40,48H,9-18,22-23H2,1-2H3,(H,41,45,46). The van der Waals surface area contributed by atoms with Crippen LogP contribution in [0, 0.1) is 0 Å². The molecule has 3 N–H and O–H groups in total. The third-order valence-corrected chi connectivity index (χ3v) is 10.5. The van der Waals surface area contributed by atoms with Gasteiger partial charge in [0.15, 0.2) is 0 Å². The molecule has 4 aliphatic heterocycles. The van der Waals surface area contributed by atoms with Crippen molar-refractivity contribution in [2.45, 2.75) is 89.1 Å². The lowest BCUT2D eigenvalue weighted by molar-refractivity contribution is -0.136. The first-order valence-electron chi connectivity index (χ1n) is 17.3. The van der Waals surface area contributed by atoms with Gasteiger partial charge in [0.25, 0.3) is 5.91 Å². The highest BCUT2D eigenvalue weighted by molar-refractivity contribution is 6.05. The maximum absolute atomic E-state index is 13.1. The quantitative estimate of drug-likeness (QED) is 0.310. The highest BCUT2D eigenvalue weighted by atomic mass is 16.3. The van der Waals surface area contributed by atoms with E-state index in [4.69, 9.17) is 0 Å². The predicted octanol–water partition coefficient (Wildman–Crippen LogP) is 3.93. The molecule has 3 fully saturated rings. The Hall–Kier alpha value is -4.35. The molecule has 1 atom stereocenters. The van der Waals surface area contributed by atoms with Crippen molar-refractivity contribution >= 4 is 29.1 Å². The van der Waals surface area contributed by atoms with E-state index in [1.165, 1.54) is 11.3 Å². The van der Waals surface area contributed by atoms with Crippen LogP contribution in [0.4, 0.5) is 11.4 Å². The van der Waals surface area contributed by atoms with E-state index in [1.54, 1.807) is 11.0 Å². The number of amides is 3. The Morgan fingerprint density at radius 1 is 0.958 bits per heavy atom. The summed E-state index contributed by atoms with van der Waals surface area (Å²) in [5, 5.41) is 17.6. The summed E-state index contributed by atoms with van der Waals surface area (Å²) in [6.45, 7) is 8.87. The van der Waals surface area contributed by atoms with Crippen molar-refractivity contribution in [1.29, 1.82) is 0 Å². The van der Waals surface area contributed by atoms with Gasteiger partial charge in [-0.2, -0.15) is 0 Å². The Bertz CT molecular complexity index is 1660. The number of rotatable bonds is 8. The molecule has 1 aromatic heterocycles. The summed E-state index contributed by atoms with van der Waals surface area (Å²) in [5.74, 6) is 0.292. The van der Waals surface area contributed by atoms with Gasteiger partial charge in [-0.05, 0) is 67.0 Å². The van der Waals surface area contributed by atoms with Crippen LogP contribution in [-0.2, 0) is 28.3 Å². The zero-order chi connectivity index (χ0) is 33.4. The molecule has 3 aromatic rings. The fourth-order valence-electron chi connectivity index (χ4n) is 7.53. The topological polar surface area (TPSA) is 131 Å². The highest BCUT2D eigenvalue weighted by Crippen LogP contribution is 2.37. The molecule has 7 rings (SSSR count). The molecule has 2 aromatic carbocycles. The van der Waals surface area contributed by atoms with Crippen LogP contribution in [0.1, 0.15) is 91.2 Å². The molecule has 3 amide bonds. The summed E-state index contributed by atoms with van der Waals surface area (Å²) in [5.41, 5.74) is 4.74. The van der Waals surface area contributed by atoms with E-state index < -0.39 is 17.6 Å². The normalized spacial score (nSPS) is 21.8. The van der Waals surface area contributed by atoms with E-state index in [0.717, 1.165) is 68.2 Å². The highest BCUT2D eigenvalue weighted by Gasteiger charge is 2.41. The number of hydrogen-bond acceptors (Lipinski definition) is 9. The Kier molecular flexibility index (Phi) is 8.91. The van der Waals surface area contributed by atoms with E-state index in [-0.39, 0.29) is 18.2 Å². The molecule has 4 aliphatic rings. The average Bonchev–Trinajstić information content (AvgIpc) is 3.42. The number of nitrogens with one attached hydrogen (secondary N) is 2. The zero-order valence-corrected chi connectivity index (χ0v) is 27.8. The summed E-state index contributed by atoms with van der Waals surface area (Å²) in [6.07, 6.45) is 7.68. The minimum absolute atomic E-state index is 0.195. The van der Waals surface area contributed by atoms with Gasteiger partial charge in [-0.25, -0.2) is 9.97 Å². The Morgan fingerprint density at radius 2 is 1.67 bits per heavy atom. The average molecular weight is 652 g/mol. The van der Waals surface area contributed by atoms with Crippen molar-refractivity contribution in [2.24, 2.45) is 0 Å². The molecule has 0 spiro atoms. The Labute approximate surface area is 281 Å². The van der Waals surface area contributed by atoms with Crippen LogP contribution >= 0.6 is 0 Å². The van der Waals surface area contributed by atoms with Crippen molar-refractivity contribution in [2.75, 3.05) is 36.4 Å².